The maximum atomic E-state index is 10.2. The number of piperazine rings is 1. The number of pyridine rings is 1. The topological polar surface area (TPSA) is 48.8 Å². The third-order valence-electron chi connectivity index (χ3n) is 2.66. The van der Waals surface area contributed by atoms with Crippen molar-refractivity contribution in [2.24, 2.45) is 5.18 Å². The molecule has 5 heteroatoms. The Balaban J connectivity index is 2.06. The molecule has 1 saturated heterocycles. The van der Waals surface area contributed by atoms with Gasteiger partial charge < -0.3 is 9.80 Å². The molecule has 0 radical (unpaired) electrons. The van der Waals surface area contributed by atoms with Crippen LogP contribution in [0.3, 0.4) is 0 Å². The molecule has 0 N–H and O–H groups in total. The van der Waals surface area contributed by atoms with E-state index in [0.717, 1.165) is 32.0 Å². The fourth-order valence-electron chi connectivity index (χ4n) is 1.65. The molecule has 2 rings (SSSR count). The Hall–Kier alpha value is -1.49. The highest BCUT2D eigenvalue weighted by Gasteiger charge is 2.14. The first-order valence-corrected chi connectivity index (χ1v) is 5.02. The lowest BCUT2D eigenvalue weighted by molar-refractivity contribution is 0.312. The number of rotatable bonds is 2. The Morgan fingerprint density at radius 3 is 2.53 bits per heavy atom. The summed E-state index contributed by atoms with van der Waals surface area (Å²) >= 11 is 0. The number of aromatic nitrogens is 1. The summed E-state index contributed by atoms with van der Waals surface area (Å²) in [5, 5.41) is 2.83. The monoisotopic (exact) mass is 206 g/mol. The Morgan fingerprint density at radius 2 is 2.00 bits per heavy atom. The van der Waals surface area contributed by atoms with Gasteiger partial charge in [0.15, 0.2) is 0 Å². The van der Waals surface area contributed by atoms with Crippen molar-refractivity contribution in [1.82, 2.24) is 9.88 Å². The predicted molar refractivity (Wildman–Crippen MR) is 59.4 cm³/mol. The van der Waals surface area contributed by atoms with E-state index in [9.17, 15) is 4.91 Å². The molecule has 1 aliphatic rings. The average molecular weight is 206 g/mol. The van der Waals surface area contributed by atoms with E-state index >= 15 is 0 Å². The molecule has 0 aromatic carbocycles. The number of hydrogen-bond donors (Lipinski definition) is 0. The van der Waals surface area contributed by atoms with Gasteiger partial charge >= 0.3 is 0 Å². The first-order chi connectivity index (χ1) is 7.29. The molecular formula is C10H14N4O. The van der Waals surface area contributed by atoms with Gasteiger partial charge in [-0.2, -0.15) is 0 Å². The van der Waals surface area contributed by atoms with Gasteiger partial charge in [0.25, 0.3) is 0 Å². The van der Waals surface area contributed by atoms with Gasteiger partial charge in [-0.1, -0.05) is 0 Å². The van der Waals surface area contributed by atoms with Crippen LogP contribution in [-0.2, 0) is 0 Å². The van der Waals surface area contributed by atoms with E-state index in [4.69, 9.17) is 0 Å². The molecule has 0 atom stereocenters. The van der Waals surface area contributed by atoms with Crippen LogP contribution in [0, 0.1) is 4.91 Å². The Morgan fingerprint density at radius 1 is 1.27 bits per heavy atom. The van der Waals surface area contributed by atoms with Crippen molar-refractivity contribution in [3.8, 4) is 0 Å². The third kappa shape index (κ3) is 2.30. The number of likely N-dealkylation sites (N-methyl/N-ethyl adjacent to an activating group) is 1. The average Bonchev–Trinajstić information content (AvgIpc) is 2.30. The molecule has 0 bridgehead atoms. The van der Waals surface area contributed by atoms with Crippen LogP contribution >= 0.6 is 0 Å². The zero-order chi connectivity index (χ0) is 10.7. The molecule has 0 unspecified atom stereocenters. The van der Waals surface area contributed by atoms with E-state index in [1.807, 2.05) is 6.07 Å². The normalized spacial score (nSPS) is 17.8. The van der Waals surface area contributed by atoms with E-state index in [2.05, 4.69) is 27.0 Å². The fraction of sp³-hybridized carbons (Fsp3) is 0.500. The minimum atomic E-state index is 0.382. The summed E-state index contributed by atoms with van der Waals surface area (Å²) < 4.78 is 0. The van der Waals surface area contributed by atoms with Crippen molar-refractivity contribution in [2.45, 2.75) is 0 Å². The standard InChI is InChI=1S/C10H14N4O/c1-13-4-6-14(7-5-13)10-3-2-9(12-15)8-11-10/h2-3,8H,4-7H2,1H3. The second-order valence-electron chi connectivity index (χ2n) is 3.76. The van der Waals surface area contributed by atoms with Crippen LogP contribution in [0.15, 0.2) is 23.5 Å². The van der Waals surface area contributed by atoms with Crippen molar-refractivity contribution in [2.75, 3.05) is 38.1 Å². The molecule has 2 heterocycles. The fourth-order valence-corrected chi connectivity index (χ4v) is 1.65. The second kappa shape index (κ2) is 4.35. The maximum Gasteiger partial charge on any atom is 0.128 e. The number of nitroso groups, excluding NO2 is 1. The SMILES string of the molecule is CN1CCN(c2ccc(N=O)cn2)CC1. The van der Waals surface area contributed by atoms with Gasteiger partial charge in [0.1, 0.15) is 11.5 Å². The predicted octanol–water partition coefficient (Wildman–Crippen LogP) is 1.23. The molecule has 15 heavy (non-hydrogen) atoms. The highest BCUT2D eigenvalue weighted by Crippen LogP contribution is 2.16. The highest BCUT2D eigenvalue weighted by molar-refractivity contribution is 5.45. The molecule has 0 amide bonds. The van der Waals surface area contributed by atoms with E-state index in [1.54, 1.807) is 6.07 Å². The maximum absolute atomic E-state index is 10.2. The molecule has 1 aromatic heterocycles. The Bertz CT molecular complexity index is 330. The summed E-state index contributed by atoms with van der Waals surface area (Å²) in [7, 11) is 2.12. The van der Waals surface area contributed by atoms with Crippen molar-refractivity contribution in [3.05, 3.63) is 23.2 Å². The van der Waals surface area contributed by atoms with Crippen LogP contribution < -0.4 is 4.90 Å². The van der Waals surface area contributed by atoms with Gasteiger partial charge in [-0.15, -0.1) is 4.91 Å². The van der Waals surface area contributed by atoms with Gasteiger partial charge in [-0.3, -0.25) is 0 Å². The summed E-state index contributed by atoms with van der Waals surface area (Å²) in [6.45, 7) is 4.07. The van der Waals surface area contributed by atoms with Crippen molar-refractivity contribution < 1.29 is 0 Å². The van der Waals surface area contributed by atoms with Gasteiger partial charge in [0, 0.05) is 26.2 Å². The Kier molecular flexibility index (Phi) is 2.91. The lowest BCUT2D eigenvalue weighted by Gasteiger charge is -2.33. The molecule has 5 nitrogen and oxygen atoms in total. The summed E-state index contributed by atoms with van der Waals surface area (Å²) in [6, 6.07) is 3.55. The van der Waals surface area contributed by atoms with Crippen molar-refractivity contribution >= 4 is 11.5 Å². The second-order valence-corrected chi connectivity index (χ2v) is 3.76. The molecule has 1 aromatic rings. The van der Waals surface area contributed by atoms with E-state index in [0.29, 0.717) is 5.69 Å². The quantitative estimate of drug-likeness (QED) is 0.683. The molecule has 0 spiro atoms. The van der Waals surface area contributed by atoms with Crippen LogP contribution in [0.2, 0.25) is 0 Å². The van der Waals surface area contributed by atoms with Crippen molar-refractivity contribution in [1.29, 1.82) is 0 Å². The molecular weight excluding hydrogens is 192 g/mol. The molecule has 0 aliphatic carbocycles. The molecule has 80 valence electrons. The van der Waals surface area contributed by atoms with Crippen LogP contribution in [0.25, 0.3) is 0 Å². The van der Waals surface area contributed by atoms with Crippen LogP contribution in [-0.4, -0.2) is 43.1 Å². The summed E-state index contributed by atoms with van der Waals surface area (Å²) in [4.78, 5) is 18.9. The minimum absolute atomic E-state index is 0.382. The first kappa shape index (κ1) is 10.0. The van der Waals surface area contributed by atoms with Crippen LogP contribution in [0.5, 0.6) is 0 Å². The van der Waals surface area contributed by atoms with Gasteiger partial charge in [-0.05, 0) is 24.4 Å². The first-order valence-electron chi connectivity index (χ1n) is 5.02. The summed E-state index contributed by atoms with van der Waals surface area (Å²) in [6.07, 6.45) is 1.51. The minimum Gasteiger partial charge on any atom is -0.354 e. The Labute approximate surface area is 88.7 Å². The molecule has 1 fully saturated rings. The number of hydrogen-bond acceptors (Lipinski definition) is 5. The van der Waals surface area contributed by atoms with Crippen LogP contribution in [0.1, 0.15) is 0 Å². The zero-order valence-corrected chi connectivity index (χ0v) is 8.76. The third-order valence-corrected chi connectivity index (χ3v) is 2.66. The van der Waals surface area contributed by atoms with E-state index < -0.39 is 0 Å². The van der Waals surface area contributed by atoms with E-state index in [1.165, 1.54) is 6.20 Å². The lowest BCUT2D eigenvalue weighted by atomic mass is 10.3. The lowest BCUT2D eigenvalue weighted by Crippen LogP contribution is -2.44. The largest absolute Gasteiger partial charge is 0.354 e. The smallest absolute Gasteiger partial charge is 0.128 e. The summed E-state index contributed by atoms with van der Waals surface area (Å²) in [5.74, 6) is 0.926. The van der Waals surface area contributed by atoms with E-state index in [-0.39, 0.29) is 0 Å². The van der Waals surface area contributed by atoms with Gasteiger partial charge in [0.05, 0.1) is 6.20 Å². The molecule has 0 saturated carbocycles. The number of nitrogens with zero attached hydrogens (tertiary/aromatic N) is 4. The summed E-state index contributed by atoms with van der Waals surface area (Å²) in [5.41, 5.74) is 0.382. The highest BCUT2D eigenvalue weighted by atomic mass is 16.3. The van der Waals surface area contributed by atoms with Gasteiger partial charge in [0.2, 0.25) is 0 Å². The molecule has 1 aliphatic heterocycles. The zero-order valence-electron chi connectivity index (χ0n) is 8.76. The van der Waals surface area contributed by atoms with Crippen LogP contribution in [0.4, 0.5) is 11.5 Å². The van der Waals surface area contributed by atoms with Crippen molar-refractivity contribution in [3.63, 3.8) is 0 Å². The number of anilines is 1. The van der Waals surface area contributed by atoms with Gasteiger partial charge in [-0.25, -0.2) is 4.98 Å².